The zero-order valence-corrected chi connectivity index (χ0v) is 13.8. The van der Waals surface area contributed by atoms with Gasteiger partial charge in [-0.2, -0.15) is 0 Å². The van der Waals surface area contributed by atoms with Crippen LogP contribution in [0.25, 0.3) is 0 Å². The molecule has 0 saturated carbocycles. The van der Waals surface area contributed by atoms with Crippen LogP contribution in [0.4, 0.5) is 0 Å². The van der Waals surface area contributed by atoms with Crippen LogP contribution in [0.3, 0.4) is 0 Å². The van der Waals surface area contributed by atoms with Crippen molar-refractivity contribution in [2.45, 2.75) is 19.3 Å². The number of methoxy groups -OCH3 is 1. The van der Waals surface area contributed by atoms with Gasteiger partial charge in [-0.3, -0.25) is 0 Å². The Labute approximate surface area is 131 Å². The zero-order chi connectivity index (χ0) is 15.1. The van der Waals surface area contributed by atoms with Crippen LogP contribution in [0.5, 0.6) is 0 Å². The van der Waals surface area contributed by atoms with Gasteiger partial charge in [0.25, 0.3) is 0 Å². The Bertz CT molecular complexity index is 474. The molecule has 0 aliphatic carbocycles. The maximum atomic E-state index is 12.2. The molecular formula is C16H20O4Se. The second-order valence-electron chi connectivity index (χ2n) is 5.16. The third-order valence-corrected chi connectivity index (χ3v) is 5.57. The molecule has 2 atom stereocenters. The number of carbonyl (C=O) groups is 2. The number of esters is 1. The molecule has 5 heteroatoms. The molecule has 0 amide bonds. The summed E-state index contributed by atoms with van der Waals surface area (Å²) in [7, 11) is 1.40. The van der Waals surface area contributed by atoms with Crippen molar-refractivity contribution in [1.29, 1.82) is 0 Å². The maximum absolute atomic E-state index is 12.2. The monoisotopic (exact) mass is 356 g/mol. The minimum atomic E-state index is -0.194. The molecular weight excluding hydrogens is 335 g/mol. The van der Waals surface area contributed by atoms with Gasteiger partial charge in [0.1, 0.15) is 0 Å². The molecule has 21 heavy (non-hydrogen) atoms. The summed E-state index contributed by atoms with van der Waals surface area (Å²) >= 11 is -0.128. The van der Waals surface area contributed by atoms with E-state index in [1.165, 1.54) is 7.11 Å². The SMILES string of the molecule is COC(=O)CCC1COCC1CC(=O)[Se]c1ccccc1. The Morgan fingerprint density at radius 3 is 2.67 bits per heavy atom. The minimum absolute atomic E-state index is 0.128. The van der Waals surface area contributed by atoms with E-state index in [-0.39, 0.29) is 26.8 Å². The van der Waals surface area contributed by atoms with Crippen LogP contribution in [0.15, 0.2) is 30.3 Å². The van der Waals surface area contributed by atoms with E-state index in [1.54, 1.807) is 0 Å². The van der Waals surface area contributed by atoms with E-state index in [0.29, 0.717) is 36.7 Å². The van der Waals surface area contributed by atoms with Crippen molar-refractivity contribution in [3.8, 4) is 0 Å². The third-order valence-electron chi connectivity index (χ3n) is 3.68. The van der Waals surface area contributed by atoms with Crippen molar-refractivity contribution in [2.75, 3.05) is 20.3 Å². The predicted octanol–water partition coefficient (Wildman–Crippen LogP) is 1.15. The summed E-state index contributed by atoms with van der Waals surface area (Å²) in [4.78, 5) is 23.4. The second-order valence-corrected chi connectivity index (χ2v) is 7.54. The Morgan fingerprint density at radius 1 is 1.24 bits per heavy atom. The zero-order valence-electron chi connectivity index (χ0n) is 12.1. The fraction of sp³-hybridized carbons (Fsp3) is 0.500. The van der Waals surface area contributed by atoms with Gasteiger partial charge in [-0.25, -0.2) is 0 Å². The van der Waals surface area contributed by atoms with E-state index in [1.807, 2.05) is 30.3 Å². The predicted molar refractivity (Wildman–Crippen MR) is 80.5 cm³/mol. The molecule has 114 valence electrons. The van der Waals surface area contributed by atoms with Gasteiger partial charge in [0.2, 0.25) is 0 Å². The first-order valence-corrected chi connectivity index (χ1v) is 8.80. The summed E-state index contributed by atoms with van der Waals surface area (Å²) in [6, 6.07) is 9.87. The van der Waals surface area contributed by atoms with Crippen molar-refractivity contribution in [2.24, 2.45) is 11.8 Å². The first-order chi connectivity index (χ1) is 10.2. The standard InChI is InChI=1S/C16H20O4Se/c1-19-15(17)8-7-12-10-20-11-13(12)9-16(18)21-14-5-3-2-4-6-14/h2-6,12-13H,7-11H2,1H3. The van der Waals surface area contributed by atoms with Gasteiger partial charge in [-0.1, -0.05) is 0 Å². The summed E-state index contributed by atoms with van der Waals surface area (Å²) in [6.45, 7) is 1.27. The number of hydrogen-bond donors (Lipinski definition) is 0. The van der Waals surface area contributed by atoms with Crippen LogP contribution in [0.1, 0.15) is 19.3 Å². The average molecular weight is 355 g/mol. The Balaban J connectivity index is 1.80. The number of benzene rings is 1. The molecule has 1 aliphatic heterocycles. The normalized spacial score (nSPS) is 21.2. The molecule has 1 aliphatic rings. The number of carbonyl (C=O) groups excluding carboxylic acids is 2. The van der Waals surface area contributed by atoms with Gasteiger partial charge < -0.3 is 0 Å². The van der Waals surface area contributed by atoms with E-state index in [0.717, 1.165) is 10.9 Å². The topological polar surface area (TPSA) is 52.6 Å². The Hall–Kier alpha value is -1.16. The first-order valence-electron chi connectivity index (χ1n) is 7.09. The van der Waals surface area contributed by atoms with Gasteiger partial charge >= 0.3 is 131 Å². The molecule has 0 N–H and O–H groups in total. The summed E-state index contributed by atoms with van der Waals surface area (Å²) < 4.78 is 11.6. The first kappa shape index (κ1) is 16.2. The van der Waals surface area contributed by atoms with Gasteiger partial charge in [-0.15, -0.1) is 0 Å². The molecule has 0 bridgehead atoms. The van der Waals surface area contributed by atoms with Gasteiger partial charge in [0.05, 0.1) is 0 Å². The molecule has 0 aromatic heterocycles. The molecule has 4 nitrogen and oxygen atoms in total. The quantitative estimate of drug-likeness (QED) is 0.544. The molecule has 2 unspecified atom stereocenters. The summed E-state index contributed by atoms with van der Waals surface area (Å²) in [5.41, 5.74) is 0. The van der Waals surface area contributed by atoms with E-state index >= 15 is 0 Å². The second kappa shape index (κ2) is 8.32. The summed E-state index contributed by atoms with van der Waals surface area (Å²) in [5, 5.41) is 0. The van der Waals surface area contributed by atoms with Crippen molar-refractivity contribution in [3.63, 3.8) is 0 Å². The van der Waals surface area contributed by atoms with Crippen molar-refractivity contribution < 1.29 is 19.1 Å². The van der Waals surface area contributed by atoms with Crippen LogP contribution in [-0.4, -0.2) is 45.9 Å². The summed E-state index contributed by atoms with van der Waals surface area (Å²) in [5.74, 6) is 0.341. The van der Waals surface area contributed by atoms with E-state index in [2.05, 4.69) is 4.74 Å². The summed E-state index contributed by atoms with van der Waals surface area (Å²) in [6.07, 6.45) is 1.70. The molecule has 1 fully saturated rings. The average Bonchev–Trinajstić information content (AvgIpc) is 2.92. The van der Waals surface area contributed by atoms with Crippen LogP contribution in [-0.2, 0) is 19.1 Å². The van der Waals surface area contributed by atoms with Crippen LogP contribution >= 0.6 is 0 Å². The molecule has 0 radical (unpaired) electrons. The number of hydrogen-bond acceptors (Lipinski definition) is 4. The molecule has 2 rings (SSSR count). The number of rotatable bonds is 7. The van der Waals surface area contributed by atoms with E-state index in [9.17, 15) is 9.59 Å². The Morgan fingerprint density at radius 2 is 1.95 bits per heavy atom. The van der Waals surface area contributed by atoms with Crippen molar-refractivity contribution in [1.82, 2.24) is 0 Å². The molecule has 1 aromatic rings. The van der Waals surface area contributed by atoms with Gasteiger partial charge in [-0.05, 0) is 0 Å². The van der Waals surface area contributed by atoms with E-state index in [4.69, 9.17) is 4.74 Å². The van der Waals surface area contributed by atoms with Gasteiger partial charge in [0, 0.05) is 0 Å². The molecule has 1 heterocycles. The van der Waals surface area contributed by atoms with Crippen LogP contribution in [0.2, 0.25) is 0 Å². The number of ether oxygens (including phenoxy) is 2. The molecule has 1 saturated heterocycles. The third kappa shape index (κ3) is 5.27. The van der Waals surface area contributed by atoms with Crippen molar-refractivity contribution in [3.05, 3.63) is 30.3 Å². The fourth-order valence-electron chi connectivity index (χ4n) is 2.47. The van der Waals surface area contributed by atoms with Gasteiger partial charge in [0.15, 0.2) is 0 Å². The molecule has 1 aromatic carbocycles. The Kier molecular flexibility index (Phi) is 6.43. The van der Waals surface area contributed by atoms with E-state index < -0.39 is 0 Å². The van der Waals surface area contributed by atoms with Crippen LogP contribution < -0.4 is 4.46 Å². The van der Waals surface area contributed by atoms with Crippen LogP contribution in [0, 0.1) is 11.8 Å². The molecule has 0 spiro atoms. The fourth-order valence-corrected chi connectivity index (χ4v) is 4.26. The van der Waals surface area contributed by atoms with Crippen molar-refractivity contribution >= 4 is 30.1 Å².